The summed E-state index contributed by atoms with van der Waals surface area (Å²) >= 11 is 0. The van der Waals surface area contributed by atoms with Crippen molar-refractivity contribution < 1.29 is 4.92 Å². The van der Waals surface area contributed by atoms with Gasteiger partial charge in [-0.3, -0.25) is 15.1 Å². The molecule has 0 atom stereocenters. The highest BCUT2D eigenvalue weighted by molar-refractivity contribution is 5.80. The van der Waals surface area contributed by atoms with Gasteiger partial charge in [-0.25, -0.2) is 15.4 Å². The van der Waals surface area contributed by atoms with E-state index >= 15 is 0 Å². The highest BCUT2D eigenvalue weighted by Gasteiger charge is 2.03. The van der Waals surface area contributed by atoms with Gasteiger partial charge in [-0.05, 0) is 35.9 Å². The minimum atomic E-state index is -0.447. The van der Waals surface area contributed by atoms with Crippen LogP contribution in [0.3, 0.4) is 0 Å². The van der Waals surface area contributed by atoms with Crippen molar-refractivity contribution in [2.45, 2.75) is 0 Å². The number of anilines is 1. The van der Waals surface area contributed by atoms with Crippen LogP contribution in [-0.4, -0.2) is 26.1 Å². The number of benzene rings is 1. The van der Waals surface area contributed by atoms with Gasteiger partial charge < -0.3 is 0 Å². The molecular formula is C16H12N6O2. The second kappa shape index (κ2) is 7.05. The van der Waals surface area contributed by atoms with Crippen LogP contribution in [0, 0.1) is 10.1 Å². The molecule has 24 heavy (non-hydrogen) atoms. The number of pyridine rings is 1. The van der Waals surface area contributed by atoms with Gasteiger partial charge in [-0.15, -0.1) is 0 Å². The first-order valence-corrected chi connectivity index (χ1v) is 6.99. The van der Waals surface area contributed by atoms with Gasteiger partial charge in [0.1, 0.15) is 0 Å². The van der Waals surface area contributed by atoms with Crippen LogP contribution >= 0.6 is 0 Å². The predicted octanol–water partition coefficient (Wildman–Crippen LogP) is 2.89. The lowest BCUT2D eigenvalue weighted by Gasteiger charge is -2.02. The average molecular weight is 320 g/mol. The maximum absolute atomic E-state index is 10.6. The molecule has 0 saturated heterocycles. The predicted molar refractivity (Wildman–Crippen MR) is 89.6 cm³/mol. The molecule has 0 aliphatic rings. The Kier molecular flexibility index (Phi) is 4.47. The van der Waals surface area contributed by atoms with Gasteiger partial charge in [-0.1, -0.05) is 0 Å². The maximum Gasteiger partial charge on any atom is 0.269 e. The molecule has 0 saturated carbocycles. The van der Waals surface area contributed by atoms with E-state index in [2.05, 4.69) is 25.5 Å². The highest BCUT2D eigenvalue weighted by atomic mass is 16.6. The van der Waals surface area contributed by atoms with Crippen LogP contribution in [-0.2, 0) is 0 Å². The van der Waals surface area contributed by atoms with Crippen molar-refractivity contribution in [3.63, 3.8) is 0 Å². The van der Waals surface area contributed by atoms with Crippen LogP contribution in [0.2, 0.25) is 0 Å². The zero-order chi connectivity index (χ0) is 16.8. The molecule has 3 rings (SSSR count). The Morgan fingerprint density at radius 1 is 1.12 bits per heavy atom. The Balaban J connectivity index is 1.69. The number of hydrogen-bond donors (Lipinski definition) is 1. The minimum absolute atomic E-state index is 0.0348. The average Bonchev–Trinajstić information content (AvgIpc) is 2.63. The first-order chi connectivity index (χ1) is 11.7. The lowest BCUT2D eigenvalue weighted by atomic mass is 10.2. The summed E-state index contributed by atoms with van der Waals surface area (Å²) in [4.78, 5) is 22.6. The summed E-state index contributed by atoms with van der Waals surface area (Å²) in [6.07, 6.45) is 6.56. The molecule has 1 N–H and O–H groups in total. The summed E-state index contributed by atoms with van der Waals surface area (Å²) < 4.78 is 0. The maximum atomic E-state index is 10.6. The third-order valence-corrected chi connectivity index (χ3v) is 3.09. The molecule has 0 spiro atoms. The smallest absolute Gasteiger partial charge is 0.264 e. The van der Waals surface area contributed by atoms with E-state index in [1.165, 1.54) is 18.3 Å². The molecule has 8 nitrogen and oxygen atoms in total. The SMILES string of the molecule is O=[N+]([O-])c1ccc(/C=N/Nc2nccc(-c3cccnc3)n2)cc1. The number of nitro benzene ring substituents is 1. The van der Waals surface area contributed by atoms with E-state index in [1.54, 1.807) is 36.8 Å². The Morgan fingerprint density at radius 2 is 1.96 bits per heavy atom. The van der Waals surface area contributed by atoms with Crippen LogP contribution in [0.25, 0.3) is 11.3 Å². The van der Waals surface area contributed by atoms with Gasteiger partial charge in [0.15, 0.2) is 0 Å². The summed E-state index contributed by atoms with van der Waals surface area (Å²) in [5.41, 5.74) is 5.09. The van der Waals surface area contributed by atoms with Crippen molar-refractivity contribution in [2.75, 3.05) is 5.43 Å². The zero-order valence-corrected chi connectivity index (χ0v) is 12.4. The molecule has 2 heterocycles. The molecule has 118 valence electrons. The number of hydrazone groups is 1. The first kappa shape index (κ1) is 15.2. The second-order valence-corrected chi connectivity index (χ2v) is 4.73. The van der Waals surface area contributed by atoms with Crippen LogP contribution in [0.4, 0.5) is 11.6 Å². The Morgan fingerprint density at radius 3 is 2.67 bits per heavy atom. The Bertz CT molecular complexity index is 865. The van der Waals surface area contributed by atoms with E-state index in [9.17, 15) is 10.1 Å². The fourth-order valence-electron chi connectivity index (χ4n) is 1.93. The second-order valence-electron chi connectivity index (χ2n) is 4.73. The molecule has 1 aromatic carbocycles. The molecule has 0 fully saturated rings. The molecule has 2 aromatic heterocycles. The fraction of sp³-hybridized carbons (Fsp3) is 0. The number of aromatic nitrogens is 3. The molecule has 0 aliphatic heterocycles. The molecule has 0 unspecified atom stereocenters. The number of nitro groups is 1. The van der Waals surface area contributed by atoms with Crippen LogP contribution in [0.15, 0.2) is 66.2 Å². The molecule has 8 heteroatoms. The molecular weight excluding hydrogens is 308 g/mol. The van der Waals surface area contributed by atoms with Crippen molar-refractivity contribution >= 4 is 17.9 Å². The number of nitrogens with one attached hydrogen (secondary N) is 1. The topological polar surface area (TPSA) is 106 Å². The summed E-state index contributed by atoms with van der Waals surface area (Å²) in [6, 6.07) is 11.6. The normalized spacial score (nSPS) is 10.7. The van der Waals surface area contributed by atoms with E-state index in [4.69, 9.17) is 0 Å². The minimum Gasteiger partial charge on any atom is -0.264 e. The molecule has 3 aromatic rings. The number of hydrogen-bond acceptors (Lipinski definition) is 7. The quantitative estimate of drug-likeness (QED) is 0.440. The standard InChI is InChI=1S/C16H12N6O2/c23-22(24)14-5-3-12(4-6-14)10-19-21-16-18-9-7-15(20-16)13-2-1-8-17-11-13/h1-11H,(H,18,20,21)/b19-10+. The molecule has 0 radical (unpaired) electrons. The van der Waals surface area contributed by atoms with Crippen molar-refractivity contribution in [1.29, 1.82) is 0 Å². The number of rotatable bonds is 5. The highest BCUT2D eigenvalue weighted by Crippen LogP contribution is 2.15. The van der Waals surface area contributed by atoms with Crippen LogP contribution in [0.1, 0.15) is 5.56 Å². The zero-order valence-electron chi connectivity index (χ0n) is 12.4. The Hall–Kier alpha value is -3.68. The lowest BCUT2D eigenvalue weighted by Crippen LogP contribution is -1.98. The first-order valence-electron chi connectivity index (χ1n) is 6.99. The summed E-state index contributed by atoms with van der Waals surface area (Å²) in [5.74, 6) is 0.342. The van der Waals surface area contributed by atoms with Crippen molar-refractivity contribution in [3.8, 4) is 11.3 Å². The largest absolute Gasteiger partial charge is 0.269 e. The van der Waals surface area contributed by atoms with Gasteiger partial charge in [0.25, 0.3) is 5.69 Å². The van der Waals surface area contributed by atoms with Gasteiger partial charge in [-0.2, -0.15) is 5.10 Å². The van der Waals surface area contributed by atoms with Crippen LogP contribution in [0.5, 0.6) is 0 Å². The van der Waals surface area contributed by atoms with E-state index in [-0.39, 0.29) is 5.69 Å². The molecule has 0 amide bonds. The fourth-order valence-corrected chi connectivity index (χ4v) is 1.93. The lowest BCUT2D eigenvalue weighted by molar-refractivity contribution is -0.384. The Labute approximate surface area is 137 Å². The number of nitrogens with zero attached hydrogens (tertiary/aromatic N) is 5. The third kappa shape index (κ3) is 3.74. The summed E-state index contributed by atoms with van der Waals surface area (Å²) in [5, 5.41) is 14.6. The third-order valence-electron chi connectivity index (χ3n) is 3.09. The molecule has 0 aliphatic carbocycles. The van der Waals surface area contributed by atoms with Gasteiger partial charge >= 0.3 is 0 Å². The van der Waals surface area contributed by atoms with Crippen molar-refractivity contribution in [1.82, 2.24) is 15.0 Å². The monoisotopic (exact) mass is 320 g/mol. The van der Waals surface area contributed by atoms with E-state index in [1.807, 2.05) is 12.1 Å². The molecule has 0 bridgehead atoms. The van der Waals surface area contributed by atoms with Gasteiger partial charge in [0, 0.05) is 36.3 Å². The van der Waals surface area contributed by atoms with E-state index in [0.717, 1.165) is 16.8 Å². The van der Waals surface area contributed by atoms with Gasteiger partial charge in [0.2, 0.25) is 5.95 Å². The van der Waals surface area contributed by atoms with E-state index in [0.29, 0.717) is 5.95 Å². The van der Waals surface area contributed by atoms with Crippen molar-refractivity contribution in [3.05, 3.63) is 76.7 Å². The van der Waals surface area contributed by atoms with E-state index < -0.39 is 4.92 Å². The number of non-ortho nitro benzene ring substituents is 1. The summed E-state index contributed by atoms with van der Waals surface area (Å²) in [7, 11) is 0. The summed E-state index contributed by atoms with van der Waals surface area (Å²) in [6.45, 7) is 0. The van der Waals surface area contributed by atoms with Crippen molar-refractivity contribution in [2.24, 2.45) is 5.10 Å². The van der Waals surface area contributed by atoms with Crippen LogP contribution < -0.4 is 5.43 Å². The van der Waals surface area contributed by atoms with Gasteiger partial charge in [0.05, 0.1) is 16.8 Å².